The lowest BCUT2D eigenvalue weighted by Gasteiger charge is -2.27. The maximum absolute atomic E-state index is 6.15. The van der Waals surface area contributed by atoms with Gasteiger partial charge in [0.15, 0.2) is 0 Å². The van der Waals surface area contributed by atoms with Gasteiger partial charge in [-0.15, -0.1) is 0 Å². The first-order chi connectivity index (χ1) is 17.1. The van der Waals surface area contributed by atoms with Gasteiger partial charge < -0.3 is 19.4 Å². The van der Waals surface area contributed by atoms with Crippen molar-refractivity contribution in [3.05, 3.63) is 77.0 Å². The Morgan fingerprint density at radius 1 is 0.971 bits per heavy atom. The molecule has 2 aromatic heterocycles. The summed E-state index contributed by atoms with van der Waals surface area (Å²) in [5.74, 6) is 2.58. The minimum absolute atomic E-state index is 0.314. The van der Waals surface area contributed by atoms with Gasteiger partial charge in [0.2, 0.25) is 17.8 Å². The Morgan fingerprint density at radius 2 is 1.77 bits per heavy atom. The molecule has 0 unspecified atom stereocenters. The molecule has 0 bridgehead atoms. The SMILES string of the molecule is Cc1ccc(Cl)cc1-c1ccc(C=NNc2nc(Nc3ccccc3)nc(N3CCOCC3)n2)o1. The highest BCUT2D eigenvalue weighted by molar-refractivity contribution is 6.30. The van der Waals surface area contributed by atoms with Crippen molar-refractivity contribution in [3.8, 4) is 11.3 Å². The first kappa shape index (κ1) is 22.8. The van der Waals surface area contributed by atoms with Crippen LogP contribution in [0.4, 0.5) is 23.5 Å². The average molecular weight is 490 g/mol. The predicted octanol–water partition coefficient (Wildman–Crippen LogP) is 5.12. The summed E-state index contributed by atoms with van der Waals surface area (Å²) in [6, 6.07) is 19.2. The Bertz CT molecular complexity index is 1320. The normalized spacial score (nSPS) is 13.8. The van der Waals surface area contributed by atoms with Gasteiger partial charge in [0.1, 0.15) is 11.5 Å². The minimum Gasteiger partial charge on any atom is -0.455 e. The molecule has 1 fully saturated rings. The zero-order chi connectivity index (χ0) is 24.0. The summed E-state index contributed by atoms with van der Waals surface area (Å²) < 4.78 is 11.4. The Morgan fingerprint density at radius 3 is 2.60 bits per heavy atom. The third kappa shape index (κ3) is 5.76. The van der Waals surface area contributed by atoms with Gasteiger partial charge in [-0.2, -0.15) is 20.1 Å². The van der Waals surface area contributed by atoms with Gasteiger partial charge in [-0.25, -0.2) is 5.43 Å². The van der Waals surface area contributed by atoms with Crippen molar-refractivity contribution >= 4 is 41.3 Å². The maximum Gasteiger partial charge on any atom is 0.250 e. The largest absolute Gasteiger partial charge is 0.455 e. The van der Waals surface area contributed by atoms with Crippen molar-refractivity contribution in [2.45, 2.75) is 6.92 Å². The average Bonchev–Trinajstić information content (AvgIpc) is 3.35. The van der Waals surface area contributed by atoms with Crippen LogP contribution in [0.2, 0.25) is 5.02 Å². The molecule has 0 atom stereocenters. The molecule has 178 valence electrons. The Kier molecular flexibility index (Phi) is 6.87. The first-order valence-electron chi connectivity index (χ1n) is 11.2. The Hall–Kier alpha value is -3.95. The van der Waals surface area contributed by atoms with E-state index >= 15 is 0 Å². The number of nitrogens with one attached hydrogen (secondary N) is 2. The number of halogens is 1. The summed E-state index contributed by atoms with van der Waals surface area (Å²) in [4.78, 5) is 15.7. The van der Waals surface area contributed by atoms with E-state index in [4.69, 9.17) is 20.8 Å². The fourth-order valence-corrected chi connectivity index (χ4v) is 3.78. The topological polar surface area (TPSA) is 101 Å². The molecular weight excluding hydrogens is 466 g/mol. The summed E-state index contributed by atoms with van der Waals surface area (Å²) >= 11 is 6.15. The molecule has 1 aliphatic rings. The standard InChI is InChI=1S/C25H24ClN7O2/c1-17-7-8-18(26)15-21(17)22-10-9-20(35-22)16-27-32-24-29-23(28-19-5-3-2-4-6-19)30-25(31-24)33-11-13-34-14-12-33/h2-10,15-16H,11-14H2,1H3,(H2,28,29,30,31,32). The van der Waals surface area contributed by atoms with E-state index in [1.807, 2.05) is 67.6 Å². The summed E-state index contributed by atoms with van der Waals surface area (Å²) in [6.07, 6.45) is 1.58. The molecule has 35 heavy (non-hydrogen) atoms. The molecule has 2 N–H and O–H groups in total. The van der Waals surface area contributed by atoms with Crippen molar-refractivity contribution in [3.63, 3.8) is 0 Å². The number of morpholine rings is 1. The number of benzene rings is 2. The van der Waals surface area contributed by atoms with Gasteiger partial charge >= 0.3 is 0 Å². The molecule has 10 heteroatoms. The highest BCUT2D eigenvalue weighted by Gasteiger charge is 2.17. The van der Waals surface area contributed by atoms with Crippen LogP contribution in [0.5, 0.6) is 0 Å². The second-order valence-corrected chi connectivity index (χ2v) is 8.34. The molecule has 5 rings (SSSR count). The van der Waals surface area contributed by atoms with Crippen LogP contribution in [0, 0.1) is 6.92 Å². The molecule has 9 nitrogen and oxygen atoms in total. The molecule has 2 aromatic carbocycles. The number of rotatable bonds is 7. The molecule has 1 saturated heterocycles. The lowest BCUT2D eigenvalue weighted by atomic mass is 10.1. The predicted molar refractivity (Wildman–Crippen MR) is 138 cm³/mol. The maximum atomic E-state index is 6.15. The van der Waals surface area contributed by atoms with Crippen LogP contribution >= 0.6 is 11.6 Å². The fraction of sp³-hybridized carbons (Fsp3) is 0.200. The summed E-state index contributed by atoms with van der Waals surface area (Å²) in [5, 5.41) is 8.15. The number of aromatic nitrogens is 3. The van der Waals surface area contributed by atoms with Crippen LogP contribution in [-0.4, -0.2) is 47.5 Å². The van der Waals surface area contributed by atoms with Gasteiger partial charge in [0, 0.05) is 29.4 Å². The molecule has 1 aliphatic heterocycles. The third-order valence-corrected chi connectivity index (χ3v) is 5.63. The number of para-hydroxylation sites is 1. The second-order valence-electron chi connectivity index (χ2n) is 7.90. The fourth-order valence-electron chi connectivity index (χ4n) is 3.61. The number of hydrazone groups is 1. The highest BCUT2D eigenvalue weighted by Crippen LogP contribution is 2.28. The van der Waals surface area contributed by atoms with Crippen LogP contribution in [0.3, 0.4) is 0 Å². The molecular formula is C25H24ClN7O2. The first-order valence-corrected chi connectivity index (χ1v) is 11.6. The highest BCUT2D eigenvalue weighted by atomic mass is 35.5. The molecule has 4 aromatic rings. The van der Waals surface area contributed by atoms with Crippen LogP contribution in [0.1, 0.15) is 11.3 Å². The number of hydrogen-bond acceptors (Lipinski definition) is 9. The van der Waals surface area contributed by atoms with Gasteiger partial charge in [-0.3, -0.25) is 0 Å². The van der Waals surface area contributed by atoms with Crippen LogP contribution in [-0.2, 0) is 4.74 Å². The summed E-state index contributed by atoms with van der Waals surface area (Å²) in [5.41, 5.74) is 5.78. The van der Waals surface area contributed by atoms with Gasteiger partial charge in [0.25, 0.3) is 0 Å². The quantitative estimate of drug-likeness (QED) is 0.272. The smallest absolute Gasteiger partial charge is 0.250 e. The molecule has 0 radical (unpaired) electrons. The Labute approximate surface area is 207 Å². The van der Waals surface area contributed by atoms with Crippen molar-refractivity contribution in [2.75, 3.05) is 41.9 Å². The second kappa shape index (κ2) is 10.5. The van der Waals surface area contributed by atoms with E-state index in [1.54, 1.807) is 6.21 Å². The van der Waals surface area contributed by atoms with Gasteiger partial charge in [-0.1, -0.05) is 35.9 Å². The zero-order valence-corrected chi connectivity index (χ0v) is 19.9. The van der Waals surface area contributed by atoms with E-state index in [9.17, 15) is 0 Å². The number of anilines is 4. The number of aryl methyl sites for hydroxylation is 1. The van der Waals surface area contributed by atoms with E-state index in [0.29, 0.717) is 54.9 Å². The van der Waals surface area contributed by atoms with E-state index in [2.05, 4.69) is 35.7 Å². The van der Waals surface area contributed by atoms with Crippen molar-refractivity contribution in [1.29, 1.82) is 0 Å². The molecule has 0 aliphatic carbocycles. The number of furan rings is 1. The lowest BCUT2D eigenvalue weighted by Crippen LogP contribution is -2.37. The monoisotopic (exact) mass is 489 g/mol. The molecule has 0 saturated carbocycles. The molecule has 0 spiro atoms. The third-order valence-electron chi connectivity index (χ3n) is 5.40. The van der Waals surface area contributed by atoms with Gasteiger partial charge in [0.05, 0.1) is 19.4 Å². The van der Waals surface area contributed by atoms with E-state index < -0.39 is 0 Å². The summed E-state index contributed by atoms with van der Waals surface area (Å²) in [6.45, 7) is 4.67. The molecule has 3 heterocycles. The van der Waals surface area contributed by atoms with Gasteiger partial charge in [-0.05, 0) is 48.9 Å². The zero-order valence-electron chi connectivity index (χ0n) is 19.1. The van der Waals surface area contributed by atoms with Crippen molar-refractivity contribution in [1.82, 2.24) is 15.0 Å². The van der Waals surface area contributed by atoms with E-state index in [-0.39, 0.29) is 0 Å². The van der Waals surface area contributed by atoms with Crippen LogP contribution in [0.15, 0.2) is 70.2 Å². The number of ether oxygens (including phenoxy) is 1. The van der Waals surface area contributed by atoms with E-state index in [0.717, 1.165) is 22.6 Å². The van der Waals surface area contributed by atoms with E-state index in [1.165, 1.54) is 0 Å². The van der Waals surface area contributed by atoms with Crippen LogP contribution < -0.4 is 15.6 Å². The lowest BCUT2D eigenvalue weighted by molar-refractivity contribution is 0.122. The Balaban J connectivity index is 1.34. The molecule has 0 amide bonds. The number of nitrogens with zero attached hydrogens (tertiary/aromatic N) is 5. The van der Waals surface area contributed by atoms with Crippen LogP contribution in [0.25, 0.3) is 11.3 Å². The summed E-state index contributed by atoms with van der Waals surface area (Å²) in [7, 11) is 0. The minimum atomic E-state index is 0.314. The van der Waals surface area contributed by atoms with Crippen molar-refractivity contribution in [2.24, 2.45) is 5.10 Å². The van der Waals surface area contributed by atoms with Crippen molar-refractivity contribution < 1.29 is 9.15 Å². The number of hydrogen-bond donors (Lipinski definition) is 2.